The number of hydrogen-bond donors (Lipinski definition) is 1. The van der Waals surface area contributed by atoms with Crippen LogP contribution in [0.2, 0.25) is 10.0 Å². The number of nitrogens with zero attached hydrogens (tertiary/aromatic N) is 2. The van der Waals surface area contributed by atoms with Crippen LogP contribution in [0.5, 0.6) is 0 Å². The third-order valence-corrected chi connectivity index (χ3v) is 4.38. The summed E-state index contributed by atoms with van der Waals surface area (Å²) < 4.78 is 0. The minimum absolute atomic E-state index is 0.252. The molecule has 0 aliphatic carbocycles. The number of aromatic nitrogens is 2. The first kappa shape index (κ1) is 14.7. The van der Waals surface area contributed by atoms with Gasteiger partial charge in [0.2, 0.25) is 0 Å². The van der Waals surface area contributed by atoms with E-state index in [1.165, 1.54) is 0 Å². The molecule has 0 fully saturated rings. The van der Waals surface area contributed by atoms with E-state index in [0.29, 0.717) is 10.0 Å². The Labute approximate surface area is 127 Å². The highest BCUT2D eigenvalue weighted by Crippen LogP contribution is 2.33. The number of benzene rings is 1. The van der Waals surface area contributed by atoms with Gasteiger partial charge in [0.1, 0.15) is 10.0 Å². The van der Waals surface area contributed by atoms with Crippen molar-refractivity contribution in [2.45, 2.75) is 26.3 Å². The van der Waals surface area contributed by atoms with E-state index >= 15 is 0 Å². The van der Waals surface area contributed by atoms with Gasteiger partial charge in [-0.1, -0.05) is 48.4 Å². The highest BCUT2D eigenvalue weighted by Gasteiger charge is 2.16. The molecule has 0 bridgehead atoms. The van der Waals surface area contributed by atoms with Gasteiger partial charge in [0.15, 0.2) is 0 Å². The van der Waals surface area contributed by atoms with Crippen molar-refractivity contribution in [3.63, 3.8) is 0 Å². The molecule has 1 aromatic carbocycles. The zero-order valence-corrected chi connectivity index (χ0v) is 13.1. The molecule has 0 aliphatic rings. The minimum atomic E-state index is 0.252. The van der Waals surface area contributed by atoms with Crippen LogP contribution in [-0.2, 0) is 0 Å². The Bertz CT molecular complexity index is 557. The maximum atomic E-state index is 6.19. The highest BCUT2D eigenvalue weighted by molar-refractivity contribution is 7.14. The Morgan fingerprint density at radius 1 is 1.26 bits per heavy atom. The van der Waals surface area contributed by atoms with Gasteiger partial charge in [-0.3, -0.25) is 0 Å². The first-order valence-corrected chi connectivity index (χ1v) is 7.75. The molecule has 1 N–H and O–H groups in total. The standard InChI is InChI=1S/C13H15Cl2N3S/c1-3-11(16-4-2)13-18-17-12(19-13)9-6-5-8(14)7-10(9)15/h5-7,11,16H,3-4H2,1-2H3. The molecule has 102 valence electrons. The maximum Gasteiger partial charge on any atom is 0.149 e. The van der Waals surface area contributed by atoms with Gasteiger partial charge in [0, 0.05) is 10.6 Å². The summed E-state index contributed by atoms with van der Waals surface area (Å²) in [5, 5.41) is 14.9. The molecule has 1 unspecified atom stereocenters. The van der Waals surface area contributed by atoms with E-state index in [1.54, 1.807) is 17.4 Å². The van der Waals surface area contributed by atoms with Crippen LogP contribution >= 0.6 is 34.5 Å². The van der Waals surface area contributed by atoms with Gasteiger partial charge in [0.25, 0.3) is 0 Å². The van der Waals surface area contributed by atoms with Crippen molar-refractivity contribution in [1.82, 2.24) is 15.5 Å². The molecule has 19 heavy (non-hydrogen) atoms. The van der Waals surface area contributed by atoms with Crippen LogP contribution in [0.15, 0.2) is 18.2 Å². The Morgan fingerprint density at radius 2 is 2.05 bits per heavy atom. The second kappa shape index (κ2) is 6.66. The van der Waals surface area contributed by atoms with Gasteiger partial charge in [-0.2, -0.15) is 0 Å². The van der Waals surface area contributed by atoms with Crippen molar-refractivity contribution in [2.24, 2.45) is 0 Å². The lowest BCUT2D eigenvalue weighted by Gasteiger charge is -2.11. The van der Waals surface area contributed by atoms with Gasteiger partial charge in [-0.15, -0.1) is 10.2 Å². The fraction of sp³-hybridized carbons (Fsp3) is 0.385. The zero-order valence-electron chi connectivity index (χ0n) is 10.8. The molecule has 0 saturated heterocycles. The monoisotopic (exact) mass is 315 g/mol. The Hall–Kier alpha value is -0.680. The van der Waals surface area contributed by atoms with Gasteiger partial charge in [-0.25, -0.2) is 0 Å². The molecule has 0 spiro atoms. The molecule has 3 nitrogen and oxygen atoms in total. The van der Waals surface area contributed by atoms with Crippen LogP contribution in [0.25, 0.3) is 10.6 Å². The highest BCUT2D eigenvalue weighted by atomic mass is 35.5. The lowest BCUT2D eigenvalue weighted by atomic mass is 10.2. The summed E-state index contributed by atoms with van der Waals surface area (Å²) in [7, 11) is 0. The van der Waals surface area contributed by atoms with Crippen LogP contribution in [0.4, 0.5) is 0 Å². The molecule has 0 aliphatic heterocycles. The summed E-state index contributed by atoms with van der Waals surface area (Å²) >= 11 is 13.6. The van der Waals surface area contributed by atoms with E-state index in [4.69, 9.17) is 23.2 Å². The van der Waals surface area contributed by atoms with Crippen molar-refractivity contribution >= 4 is 34.5 Å². The fourth-order valence-electron chi connectivity index (χ4n) is 1.80. The van der Waals surface area contributed by atoms with Gasteiger partial charge >= 0.3 is 0 Å². The first-order chi connectivity index (χ1) is 9.15. The predicted molar refractivity (Wildman–Crippen MR) is 82.1 cm³/mol. The van der Waals surface area contributed by atoms with Crippen molar-refractivity contribution in [3.8, 4) is 10.6 Å². The van der Waals surface area contributed by atoms with E-state index in [-0.39, 0.29) is 6.04 Å². The van der Waals surface area contributed by atoms with Crippen LogP contribution in [0.3, 0.4) is 0 Å². The van der Waals surface area contributed by atoms with Crippen molar-refractivity contribution < 1.29 is 0 Å². The smallest absolute Gasteiger partial charge is 0.149 e. The van der Waals surface area contributed by atoms with E-state index in [1.807, 2.05) is 12.1 Å². The molecule has 1 heterocycles. The number of nitrogens with one attached hydrogen (secondary N) is 1. The fourth-order valence-corrected chi connectivity index (χ4v) is 3.40. The quantitative estimate of drug-likeness (QED) is 0.878. The second-order valence-electron chi connectivity index (χ2n) is 4.09. The largest absolute Gasteiger partial charge is 0.308 e. The van der Waals surface area contributed by atoms with Crippen LogP contribution < -0.4 is 5.32 Å². The Balaban J connectivity index is 2.29. The molecular formula is C13H15Cl2N3S. The minimum Gasteiger partial charge on any atom is -0.308 e. The summed E-state index contributed by atoms with van der Waals surface area (Å²) in [6, 6.07) is 5.66. The molecule has 0 radical (unpaired) electrons. The average molecular weight is 316 g/mol. The Kier molecular flexibility index (Phi) is 5.16. The van der Waals surface area contributed by atoms with Gasteiger partial charge in [-0.05, 0) is 31.2 Å². The summed E-state index contributed by atoms with van der Waals surface area (Å²) in [4.78, 5) is 0. The van der Waals surface area contributed by atoms with Crippen molar-refractivity contribution in [3.05, 3.63) is 33.3 Å². The first-order valence-electron chi connectivity index (χ1n) is 6.17. The molecule has 2 aromatic rings. The Morgan fingerprint density at radius 3 is 2.68 bits per heavy atom. The normalized spacial score (nSPS) is 12.6. The molecule has 1 atom stereocenters. The maximum absolute atomic E-state index is 6.19. The van der Waals surface area contributed by atoms with Gasteiger partial charge in [0.05, 0.1) is 11.1 Å². The molecule has 0 amide bonds. The summed E-state index contributed by atoms with van der Waals surface area (Å²) in [5.74, 6) is 0. The van der Waals surface area contributed by atoms with E-state index in [0.717, 1.165) is 28.5 Å². The number of rotatable bonds is 5. The lowest BCUT2D eigenvalue weighted by Crippen LogP contribution is -2.19. The number of hydrogen-bond acceptors (Lipinski definition) is 4. The van der Waals surface area contributed by atoms with E-state index in [2.05, 4.69) is 29.4 Å². The molecule has 0 saturated carbocycles. The summed E-state index contributed by atoms with van der Waals surface area (Å²) in [6.07, 6.45) is 0.983. The predicted octanol–water partition coefficient (Wildman–Crippen LogP) is 4.57. The second-order valence-corrected chi connectivity index (χ2v) is 5.94. The summed E-state index contributed by atoms with van der Waals surface area (Å²) in [5.41, 5.74) is 0.876. The topological polar surface area (TPSA) is 37.8 Å². The van der Waals surface area contributed by atoms with E-state index in [9.17, 15) is 0 Å². The molecule has 2 rings (SSSR count). The molecule has 1 aromatic heterocycles. The van der Waals surface area contributed by atoms with Crippen LogP contribution in [-0.4, -0.2) is 16.7 Å². The summed E-state index contributed by atoms with van der Waals surface area (Å²) in [6.45, 7) is 5.12. The SMILES string of the molecule is CCNC(CC)c1nnc(-c2ccc(Cl)cc2Cl)s1. The average Bonchev–Trinajstić information content (AvgIpc) is 2.85. The third-order valence-electron chi connectivity index (χ3n) is 2.76. The van der Waals surface area contributed by atoms with Gasteiger partial charge < -0.3 is 5.32 Å². The number of halogens is 2. The van der Waals surface area contributed by atoms with E-state index < -0.39 is 0 Å². The van der Waals surface area contributed by atoms with Crippen LogP contribution in [0, 0.1) is 0 Å². The third kappa shape index (κ3) is 3.45. The van der Waals surface area contributed by atoms with Crippen molar-refractivity contribution in [1.29, 1.82) is 0 Å². The van der Waals surface area contributed by atoms with Crippen molar-refractivity contribution in [2.75, 3.05) is 6.54 Å². The molecular weight excluding hydrogens is 301 g/mol. The molecule has 6 heteroatoms. The lowest BCUT2D eigenvalue weighted by molar-refractivity contribution is 0.531. The van der Waals surface area contributed by atoms with Crippen LogP contribution in [0.1, 0.15) is 31.3 Å². The zero-order chi connectivity index (χ0) is 13.8.